The van der Waals surface area contributed by atoms with Gasteiger partial charge in [-0.2, -0.15) is 0 Å². The van der Waals surface area contributed by atoms with Gasteiger partial charge in [0.15, 0.2) is 0 Å². The number of amides is 1. The molecule has 2 fully saturated rings. The van der Waals surface area contributed by atoms with E-state index in [-0.39, 0.29) is 5.91 Å². The molecule has 2 N–H and O–H groups in total. The highest BCUT2D eigenvalue weighted by Crippen LogP contribution is 2.32. The largest absolute Gasteiger partial charge is 0.346 e. The summed E-state index contributed by atoms with van der Waals surface area (Å²) in [5.74, 6) is 0.0194. The molecule has 2 aliphatic rings. The number of imidazole rings is 1. The second-order valence-corrected chi connectivity index (χ2v) is 7.26. The van der Waals surface area contributed by atoms with E-state index in [4.69, 9.17) is 0 Å². The number of aromatic nitrogens is 2. The summed E-state index contributed by atoms with van der Waals surface area (Å²) in [6.07, 6.45) is 9.69. The van der Waals surface area contributed by atoms with Gasteiger partial charge in [0.1, 0.15) is 0 Å². The molecule has 0 radical (unpaired) electrons. The number of hydrogen-bond donors (Lipinski definition) is 2. The number of carbonyl (C=O) groups excluding carboxylic acids is 1. The van der Waals surface area contributed by atoms with Crippen molar-refractivity contribution < 1.29 is 9.69 Å². The molecule has 24 heavy (non-hydrogen) atoms. The average Bonchev–Trinajstić information content (AvgIpc) is 3.34. The first-order chi connectivity index (χ1) is 11.8. The number of rotatable bonds is 5. The van der Waals surface area contributed by atoms with E-state index >= 15 is 0 Å². The lowest BCUT2D eigenvalue weighted by molar-refractivity contribution is -0.886. The Hall–Kier alpha value is -1.88. The molecule has 1 amide bonds. The Bertz CT molecular complexity index is 711. The van der Waals surface area contributed by atoms with E-state index in [1.54, 1.807) is 4.90 Å². The molecule has 0 spiro atoms. The standard InChI is InChI=1S/C19H26N4O/c24-19(20-9-12-22-10-3-4-11-22)15-7-8-18-17(13-15)21-14-23(18)16-5-1-2-6-16/h7-8,13-14,16H,1-6,9-12H2,(H,20,24)/p+1. The van der Waals surface area contributed by atoms with Crippen molar-refractivity contribution in [1.82, 2.24) is 14.9 Å². The van der Waals surface area contributed by atoms with Gasteiger partial charge in [-0.05, 0) is 31.0 Å². The Morgan fingerprint density at radius 1 is 1.21 bits per heavy atom. The van der Waals surface area contributed by atoms with Crippen LogP contribution in [-0.2, 0) is 0 Å². The lowest BCUT2D eigenvalue weighted by Crippen LogP contribution is -3.10. The van der Waals surface area contributed by atoms with Crippen molar-refractivity contribution in [2.45, 2.75) is 44.6 Å². The zero-order chi connectivity index (χ0) is 16.4. The van der Waals surface area contributed by atoms with Gasteiger partial charge >= 0.3 is 0 Å². The second kappa shape index (κ2) is 6.93. The third kappa shape index (κ3) is 3.18. The number of benzene rings is 1. The van der Waals surface area contributed by atoms with Crippen LogP contribution in [0.3, 0.4) is 0 Å². The molecule has 0 bridgehead atoms. The minimum Gasteiger partial charge on any atom is -0.346 e. The Morgan fingerprint density at radius 2 is 2.00 bits per heavy atom. The highest BCUT2D eigenvalue weighted by atomic mass is 16.1. The van der Waals surface area contributed by atoms with Gasteiger partial charge in [-0.25, -0.2) is 4.98 Å². The lowest BCUT2D eigenvalue weighted by atomic mass is 10.1. The van der Waals surface area contributed by atoms with Gasteiger partial charge in [0.2, 0.25) is 0 Å². The fourth-order valence-corrected chi connectivity index (χ4v) is 4.23. The van der Waals surface area contributed by atoms with Crippen LogP contribution in [0, 0.1) is 0 Å². The maximum absolute atomic E-state index is 12.4. The molecule has 1 aliphatic heterocycles. The third-order valence-electron chi connectivity index (χ3n) is 5.63. The lowest BCUT2D eigenvalue weighted by Gasteiger charge is -2.13. The molecular formula is C19H27N4O+. The van der Waals surface area contributed by atoms with Gasteiger partial charge in [0, 0.05) is 24.4 Å². The molecule has 1 aromatic carbocycles. The minimum atomic E-state index is 0.0194. The van der Waals surface area contributed by atoms with Crippen molar-refractivity contribution in [3.8, 4) is 0 Å². The molecule has 1 saturated heterocycles. The molecule has 1 saturated carbocycles. The predicted molar refractivity (Wildman–Crippen MR) is 94.4 cm³/mol. The van der Waals surface area contributed by atoms with E-state index in [1.165, 1.54) is 51.6 Å². The number of nitrogens with one attached hydrogen (secondary N) is 2. The summed E-state index contributed by atoms with van der Waals surface area (Å²) >= 11 is 0. The van der Waals surface area contributed by atoms with Gasteiger partial charge in [0.25, 0.3) is 5.91 Å². The van der Waals surface area contributed by atoms with Gasteiger partial charge < -0.3 is 14.8 Å². The van der Waals surface area contributed by atoms with Crippen molar-refractivity contribution in [2.75, 3.05) is 26.2 Å². The molecule has 0 atom stereocenters. The Balaban J connectivity index is 1.41. The van der Waals surface area contributed by atoms with Crippen molar-refractivity contribution in [3.63, 3.8) is 0 Å². The summed E-state index contributed by atoms with van der Waals surface area (Å²) in [5.41, 5.74) is 2.80. The van der Waals surface area contributed by atoms with E-state index in [0.29, 0.717) is 6.04 Å². The van der Waals surface area contributed by atoms with Crippen LogP contribution >= 0.6 is 0 Å². The molecule has 2 aromatic rings. The average molecular weight is 327 g/mol. The van der Waals surface area contributed by atoms with Crippen LogP contribution in [0.15, 0.2) is 24.5 Å². The van der Waals surface area contributed by atoms with Gasteiger partial charge in [-0.15, -0.1) is 0 Å². The first-order valence-corrected chi connectivity index (χ1v) is 9.39. The summed E-state index contributed by atoms with van der Waals surface area (Å²) in [4.78, 5) is 18.5. The van der Waals surface area contributed by atoms with Crippen LogP contribution in [0.1, 0.15) is 54.9 Å². The van der Waals surface area contributed by atoms with Crippen LogP contribution in [0.5, 0.6) is 0 Å². The van der Waals surface area contributed by atoms with Crippen LogP contribution in [-0.4, -0.2) is 41.6 Å². The Morgan fingerprint density at radius 3 is 2.79 bits per heavy atom. The molecule has 128 valence electrons. The first-order valence-electron chi connectivity index (χ1n) is 9.39. The number of hydrogen-bond acceptors (Lipinski definition) is 2. The summed E-state index contributed by atoms with van der Waals surface area (Å²) in [5, 5.41) is 3.06. The summed E-state index contributed by atoms with van der Waals surface area (Å²) in [6, 6.07) is 6.51. The number of nitrogens with zero attached hydrogens (tertiary/aromatic N) is 2. The number of carbonyl (C=O) groups is 1. The van der Waals surface area contributed by atoms with Crippen LogP contribution in [0.2, 0.25) is 0 Å². The van der Waals surface area contributed by atoms with Crippen molar-refractivity contribution in [3.05, 3.63) is 30.1 Å². The van der Waals surface area contributed by atoms with E-state index in [2.05, 4.69) is 20.9 Å². The third-order valence-corrected chi connectivity index (χ3v) is 5.63. The van der Waals surface area contributed by atoms with Gasteiger partial charge in [0.05, 0.1) is 43.5 Å². The second-order valence-electron chi connectivity index (χ2n) is 7.26. The first kappa shape index (κ1) is 15.6. The van der Waals surface area contributed by atoms with Crippen molar-refractivity contribution >= 4 is 16.9 Å². The topological polar surface area (TPSA) is 51.4 Å². The molecule has 5 heteroatoms. The van der Waals surface area contributed by atoms with Crippen LogP contribution in [0.4, 0.5) is 0 Å². The van der Waals surface area contributed by atoms with Crippen LogP contribution in [0.25, 0.3) is 11.0 Å². The van der Waals surface area contributed by atoms with E-state index < -0.39 is 0 Å². The molecular weight excluding hydrogens is 300 g/mol. The normalized spacial score (nSPS) is 19.3. The van der Waals surface area contributed by atoms with E-state index in [1.807, 2.05) is 18.5 Å². The minimum absolute atomic E-state index is 0.0194. The molecule has 2 heterocycles. The zero-order valence-corrected chi connectivity index (χ0v) is 14.3. The molecule has 4 rings (SSSR count). The molecule has 1 aliphatic carbocycles. The SMILES string of the molecule is O=C(NCC[NH+]1CCCC1)c1ccc2c(c1)ncn2C1CCCC1. The maximum atomic E-state index is 12.4. The van der Waals surface area contributed by atoms with Crippen LogP contribution < -0.4 is 10.2 Å². The quantitative estimate of drug-likeness (QED) is 0.876. The van der Waals surface area contributed by atoms with E-state index in [0.717, 1.165) is 29.7 Å². The fraction of sp³-hybridized carbons (Fsp3) is 0.579. The monoisotopic (exact) mass is 327 g/mol. The molecule has 0 unspecified atom stereocenters. The van der Waals surface area contributed by atoms with Crippen molar-refractivity contribution in [1.29, 1.82) is 0 Å². The molecule has 1 aromatic heterocycles. The van der Waals surface area contributed by atoms with Crippen molar-refractivity contribution in [2.24, 2.45) is 0 Å². The maximum Gasteiger partial charge on any atom is 0.251 e. The van der Waals surface area contributed by atoms with E-state index in [9.17, 15) is 4.79 Å². The predicted octanol–water partition coefficient (Wildman–Crippen LogP) is 1.56. The smallest absolute Gasteiger partial charge is 0.251 e. The zero-order valence-electron chi connectivity index (χ0n) is 14.3. The summed E-state index contributed by atoms with van der Waals surface area (Å²) in [7, 11) is 0. The van der Waals surface area contributed by atoms with Gasteiger partial charge in [-0.1, -0.05) is 12.8 Å². The molecule has 5 nitrogen and oxygen atoms in total. The summed E-state index contributed by atoms with van der Waals surface area (Å²) in [6.45, 7) is 4.29. The Kier molecular flexibility index (Phi) is 4.52. The number of likely N-dealkylation sites (tertiary alicyclic amines) is 1. The highest BCUT2D eigenvalue weighted by Gasteiger charge is 2.19. The number of fused-ring (bicyclic) bond motifs is 1. The van der Waals surface area contributed by atoms with Gasteiger partial charge in [-0.3, -0.25) is 4.79 Å². The Labute approximate surface area is 143 Å². The number of quaternary nitrogens is 1. The fourth-order valence-electron chi connectivity index (χ4n) is 4.23. The highest BCUT2D eigenvalue weighted by molar-refractivity contribution is 5.97. The summed E-state index contributed by atoms with van der Waals surface area (Å²) < 4.78 is 2.29.